The maximum atomic E-state index is 13.5. The zero-order valence-corrected chi connectivity index (χ0v) is 21.0. The first-order valence-corrected chi connectivity index (χ1v) is 12.0. The summed E-state index contributed by atoms with van der Waals surface area (Å²) >= 11 is 0. The monoisotopic (exact) mass is 479 g/mol. The molecule has 186 valence electrons. The van der Waals surface area contributed by atoms with E-state index in [2.05, 4.69) is 10.2 Å². The van der Waals surface area contributed by atoms with Gasteiger partial charge in [-0.1, -0.05) is 12.1 Å². The summed E-state index contributed by atoms with van der Waals surface area (Å²) in [4.78, 5) is 15.3. The molecule has 0 bridgehead atoms. The Bertz CT molecular complexity index is 1220. The van der Waals surface area contributed by atoms with Crippen LogP contribution in [0.2, 0.25) is 0 Å². The average Bonchev–Trinajstić information content (AvgIpc) is 3.37. The number of nitrogens with one attached hydrogen (secondary N) is 1. The fourth-order valence-electron chi connectivity index (χ4n) is 4.74. The quantitative estimate of drug-likeness (QED) is 0.406. The molecule has 3 aromatic rings. The predicted octanol–water partition coefficient (Wildman–Crippen LogP) is 4.78. The molecule has 1 aliphatic rings. The highest BCUT2D eigenvalue weighted by molar-refractivity contribution is 6.00. The summed E-state index contributed by atoms with van der Waals surface area (Å²) in [5.41, 5.74) is 5.01. The first-order valence-electron chi connectivity index (χ1n) is 12.0. The Morgan fingerprint density at radius 1 is 1.09 bits per heavy atom. The van der Waals surface area contributed by atoms with Gasteiger partial charge in [-0.15, -0.1) is 0 Å². The van der Waals surface area contributed by atoms with E-state index in [1.165, 1.54) is 0 Å². The number of carbonyl (C=O) groups excluding carboxylic acids is 1. The number of hydrogen-bond acceptors (Lipinski definition) is 6. The number of fused-ring (bicyclic) bond motifs is 1. The number of hydrogen-bond donors (Lipinski definition) is 2. The van der Waals surface area contributed by atoms with Gasteiger partial charge in [0, 0.05) is 31.4 Å². The molecule has 8 nitrogen and oxygen atoms in total. The van der Waals surface area contributed by atoms with E-state index >= 15 is 0 Å². The van der Waals surface area contributed by atoms with Crippen molar-refractivity contribution in [2.75, 3.05) is 33.5 Å². The summed E-state index contributed by atoms with van der Waals surface area (Å²) in [6.45, 7) is 9.75. The molecule has 2 heterocycles. The number of aromatic amines is 1. The summed E-state index contributed by atoms with van der Waals surface area (Å²) < 4.78 is 16.9. The Kier molecular flexibility index (Phi) is 7.31. The summed E-state index contributed by atoms with van der Waals surface area (Å²) in [6, 6.07) is 9.20. The van der Waals surface area contributed by atoms with Gasteiger partial charge in [0.1, 0.15) is 17.1 Å². The van der Waals surface area contributed by atoms with E-state index in [0.29, 0.717) is 61.2 Å². The second-order valence-corrected chi connectivity index (χ2v) is 8.66. The number of rotatable bonds is 10. The van der Waals surface area contributed by atoms with Crippen molar-refractivity contribution in [1.29, 1.82) is 0 Å². The SMILES string of the molecule is CCOc1ccc(C2c3c(-c4cc(C)cc(C)c4O)n[nH]c3C(=O)N2CCCOC)cc1OCC. The highest BCUT2D eigenvalue weighted by Crippen LogP contribution is 2.46. The van der Waals surface area contributed by atoms with Gasteiger partial charge in [0.2, 0.25) is 0 Å². The minimum atomic E-state index is -0.404. The van der Waals surface area contributed by atoms with Gasteiger partial charge >= 0.3 is 0 Å². The van der Waals surface area contributed by atoms with Gasteiger partial charge in [0.05, 0.1) is 19.3 Å². The minimum absolute atomic E-state index is 0.129. The lowest BCUT2D eigenvalue weighted by molar-refractivity contribution is 0.0723. The van der Waals surface area contributed by atoms with E-state index in [9.17, 15) is 9.90 Å². The molecular formula is C27H33N3O5. The zero-order valence-electron chi connectivity index (χ0n) is 21.0. The fourth-order valence-corrected chi connectivity index (χ4v) is 4.74. The van der Waals surface area contributed by atoms with Crippen LogP contribution >= 0.6 is 0 Å². The van der Waals surface area contributed by atoms with Crippen LogP contribution in [0.5, 0.6) is 17.2 Å². The molecule has 0 radical (unpaired) electrons. The highest BCUT2D eigenvalue weighted by atomic mass is 16.5. The van der Waals surface area contributed by atoms with Crippen molar-refractivity contribution < 1.29 is 24.1 Å². The van der Waals surface area contributed by atoms with Gasteiger partial charge < -0.3 is 24.2 Å². The Hall–Kier alpha value is -3.52. The van der Waals surface area contributed by atoms with Gasteiger partial charge in [-0.25, -0.2) is 0 Å². The third-order valence-corrected chi connectivity index (χ3v) is 6.19. The Morgan fingerprint density at radius 3 is 2.54 bits per heavy atom. The van der Waals surface area contributed by atoms with Crippen LogP contribution in [0.3, 0.4) is 0 Å². The lowest BCUT2D eigenvalue weighted by atomic mass is 9.94. The number of H-pyrrole nitrogens is 1. The number of aryl methyl sites for hydroxylation is 2. The maximum Gasteiger partial charge on any atom is 0.273 e. The molecule has 1 aliphatic heterocycles. The van der Waals surface area contributed by atoms with Crippen molar-refractivity contribution in [3.8, 4) is 28.5 Å². The molecule has 0 fully saturated rings. The van der Waals surface area contributed by atoms with Gasteiger partial charge in [0.25, 0.3) is 5.91 Å². The zero-order chi connectivity index (χ0) is 25.1. The lowest BCUT2D eigenvalue weighted by Gasteiger charge is -2.27. The van der Waals surface area contributed by atoms with Crippen LogP contribution < -0.4 is 9.47 Å². The molecular weight excluding hydrogens is 446 g/mol. The number of carbonyl (C=O) groups is 1. The van der Waals surface area contributed by atoms with Gasteiger partial charge in [-0.2, -0.15) is 5.10 Å². The van der Waals surface area contributed by atoms with E-state index in [1.54, 1.807) is 7.11 Å². The van der Waals surface area contributed by atoms with Crippen molar-refractivity contribution in [1.82, 2.24) is 15.1 Å². The van der Waals surface area contributed by atoms with Crippen LogP contribution in [0.15, 0.2) is 30.3 Å². The molecule has 35 heavy (non-hydrogen) atoms. The van der Waals surface area contributed by atoms with Crippen LogP contribution in [0.4, 0.5) is 0 Å². The Morgan fingerprint density at radius 2 is 1.83 bits per heavy atom. The number of aromatic nitrogens is 2. The van der Waals surface area contributed by atoms with E-state index in [-0.39, 0.29) is 11.7 Å². The molecule has 0 aliphatic carbocycles. The molecule has 2 aromatic carbocycles. The van der Waals surface area contributed by atoms with Crippen molar-refractivity contribution in [3.63, 3.8) is 0 Å². The molecule has 0 saturated carbocycles. The van der Waals surface area contributed by atoms with Crippen molar-refractivity contribution in [2.45, 2.75) is 40.2 Å². The number of benzene rings is 2. The number of methoxy groups -OCH3 is 1. The summed E-state index contributed by atoms with van der Waals surface area (Å²) in [5, 5.41) is 18.3. The second-order valence-electron chi connectivity index (χ2n) is 8.66. The van der Waals surface area contributed by atoms with Crippen LogP contribution in [0.1, 0.15) is 59.1 Å². The summed E-state index contributed by atoms with van der Waals surface area (Å²) in [7, 11) is 1.65. The fraction of sp³-hybridized carbons (Fsp3) is 0.407. The maximum absolute atomic E-state index is 13.5. The number of nitrogens with zero attached hydrogens (tertiary/aromatic N) is 2. The molecule has 1 atom stereocenters. The predicted molar refractivity (Wildman–Crippen MR) is 133 cm³/mol. The molecule has 0 saturated heterocycles. The third-order valence-electron chi connectivity index (χ3n) is 6.19. The number of phenols is 1. The number of aromatic hydroxyl groups is 1. The smallest absolute Gasteiger partial charge is 0.273 e. The topological polar surface area (TPSA) is 96.9 Å². The first-order chi connectivity index (χ1) is 16.9. The molecule has 8 heteroatoms. The van der Waals surface area contributed by atoms with Crippen molar-refractivity contribution in [2.24, 2.45) is 0 Å². The van der Waals surface area contributed by atoms with Crippen molar-refractivity contribution >= 4 is 5.91 Å². The van der Waals surface area contributed by atoms with Crippen LogP contribution in [0.25, 0.3) is 11.3 Å². The summed E-state index contributed by atoms with van der Waals surface area (Å²) in [5.74, 6) is 1.32. The van der Waals surface area contributed by atoms with E-state index in [1.807, 2.05) is 62.9 Å². The Labute approximate surface area is 205 Å². The van der Waals surface area contributed by atoms with Crippen molar-refractivity contribution in [3.05, 3.63) is 58.3 Å². The van der Waals surface area contributed by atoms with Crippen LogP contribution in [0, 0.1) is 13.8 Å². The van der Waals surface area contributed by atoms with Gasteiger partial charge in [-0.3, -0.25) is 9.89 Å². The molecule has 1 unspecified atom stereocenters. The highest BCUT2D eigenvalue weighted by Gasteiger charge is 2.42. The van der Waals surface area contributed by atoms with E-state index in [4.69, 9.17) is 14.2 Å². The average molecular weight is 480 g/mol. The molecule has 4 rings (SSSR count). The van der Waals surface area contributed by atoms with Gasteiger partial charge in [0.15, 0.2) is 11.5 Å². The summed E-state index contributed by atoms with van der Waals surface area (Å²) in [6.07, 6.45) is 0.690. The largest absolute Gasteiger partial charge is 0.507 e. The third kappa shape index (κ3) is 4.58. The number of ether oxygens (including phenoxy) is 3. The molecule has 2 N–H and O–H groups in total. The van der Waals surface area contributed by atoms with E-state index in [0.717, 1.165) is 22.3 Å². The molecule has 1 aromatic heterocycles. The number of phenolic OH excluding ortho intramolecular Hbond substituents is 1. The van der Waals surface area contributed by atoms with Crippen LogP contribution in [-0.2, 0) is 4.74 Å². The van der Waals surface area contributed by atoms with E-state index < -0.39 is 6.04 Å². The first kappa shape index (κ1) is 24.6. The van der Waals surface area contributed by atoms with Crippen LogP contribution in [-0.4, -0.2) is 59.6 Å². The normalized spacial score (nSPS) is 14.9. The standard InChI is InChI=1S/C27H33N3O5/c1-6-34-20-10-9-18(15-21(20)35-7-2)25-22-23(19-14-16(3)13-17(4)26(19)31)28-29-24(22)27(32)30(25)11-8-12-33-5/h9-10,13-15,25,31H,6-8,11-12H2,1-5H3,(H,28,29). The molecule has 1 amide bonds. The Balaban J connectivity index is 1.88. The minimum Gasteiger partial charge on any atom is -0.507 e. The van der Waals surface area contributed by atoms with Gasteiger partial charge in [-0.05, 0) is 69.0 Å². The molecule has 0 spiro atoms. The second kappa shape index (κ2) is 10.4. The lowest BCUT2D eigenvalue weighted by Crippen LogP contribution is -2.31. The number of amides is 1.